The third kappa shape index (κ3) is 3.30. The van der Waals surface area contributed by atoms with Gasteiger partial charge in [0.1, 0.15) is 6.42 Å². The molecule has 2 heterocycles. The van der Waals surface area contributed by atoms with Crippen molar-refractivity contribution in [2.24, 2.45) is 11.0 Å². The summed E-state index contributed by atoms with van der Waals surface area (Å²) >= 11 is 0. The number of amides is 2. The van der Waals surface area contributed by atoms with Crippen LogP contribution in [0.5, 0.6) is 0 Å². The minimum atomic E-state index is -0.148. The van der Waals surface area contributed by atoms with Crippen molar-refractivity contribution in [2.45, 2.75) is 31.7 Å². The van der Waals surface area contributed by atoms with Crippen LogP contribution >= 0.6 is 0 Å². The van der Waals surface area contributed by atoms with Crippen molar-refractivity contribution in [3.63, 3.8) is 0 Å². The van der Waals surface area contributed by atoms with Gasteiger partial charge in [-0.2, -0.15) is 10.4 Å². The molecular weight excluding hydrogens is 304 g/mol. The van der Waals surface area contributed by atoms with Crippen LogP contribution in [0.1, 0.15) is 37.3 Å². The average Bonchev–Trinajstić information content (AvgIpc) is 3.12. The molecule has 1 saturated heterocycles. The first-order valence-electron chi connectivity index (χ1n) is 8.26. The molecule has 2 aliphatic heterocycles. The zero-order valence-electron chi connectivity index (χ0n) is 13.5. The molecule has 0 saturated carbocycles. The van der Waals surface area contributed by atoms with E-state index in [1.807, 2.05) is 36.4 Å². The van der Waals surface area contributed by atoms with E-state index in [-0.39, 0.29) is 30.2 Å². The maximum Gasteiger partial charge on any atom is 0.246 e. The smallest absolute Gasteiger partial charge is 0.246 e. The number of benzene rings is 1. The number of carbonyl (C=O) groups is 2. The number of hydrogen-bond donors (Lipinski definition) is 0. The van der Waals surface area contributed by atoms with Crippen molar-refractivity contribution in [1.29, 1.82) is 5.26 Å². The first-order valence-corrected chi connectivity index (χ1v) is 8.26. The Balaban J connectivity index is 1.62. The molecule has 6 nitrogen and oxygen atoms in total. The Morgan fingerprint density at radius 3 is 2.58 bits per heavy atom. The molecule has 0 aliphatic carbocycles. The van der Waals surface area contributed by atoms with E-state index in [1.54, 1.807) is 16.1 Å². The Morgan fingerprint density at radius 1 is 1.21 bits per heavy atom. The van der Waals surface area contributed by atoms with E-state index < -0.39 is 0 Å². The zero-order chi connectivity index (χ0) is 16.9. The summed E-state index contributed by atoms with van der Waals surface area (Å²) in [6.45, 7) is 1.06. The number of likely N-dealkylation sites (tertiary alicyclic amines) is 1. The van der Waals surface area contributed by atoms with E-state index in [4.69, 9.17) is 5.26 Å². The molecule has 6 heteroatoms. The molecule has 0 N–H and O–H groups in total. The number of hydrogen-bond acceptors (Lipinski definition) is 4. The average molecular weight is 324 g/mol. The maximum atomic E-state index is 12.8. The van der Waals surface area contributed by atoms with E-state index >= 15 is 0 Å². The van der Waals surface area contributed by atoms with Gasteiger partial charge in [0.05, 0.1) is 12.1 Å². The van der Waals surface area contributed by atoms with Gasteiger partial charge in [-0.15, -0.1) is 0 Å². The third-order valence-corrected chi connectivity index (χ3v) is 4.67. The fourth-order valence-corrected chi connectivity index (χ4v) is 3.32. The van der Waals surface area contributed by atoms with Gasteiger partial charge in [-0.3, -0.25) is 9.59 Å². The van der Waals surface area contributed by atoms with E-state index in [0.717, 1.165) is 12.0 Å². The molecule has 0 radical (unpaired) electrons. The highest BCUT2D eigenvalue weighted by Gasteiger charge is 2.35. The molecule has 1 fully saturated rings. The number of rotatable bonds is 3. The topological polar surface area (TPSA) is 76.8 Å². The summed E-state index contributed by atoms with van der Waals surface area (Å²) in [5.74, 6) is -0.229. The molecule has 124 valence electrons. The van der Waals surface area contributed by atoms with Crippen LogP contribution < -0.4 is 0 Å². The lowest BCUT2D eigenvalue weighted by molar-refractivity contribution is -0.141. The van der Waals surface area contributed by atoms with E-state index in [1.165, 1.54) is 0 Å². The number of hydrazone groups is 1. The largest absolute Gasteiger partial charge is 0.342 e. The van der Waals surface area contributed by atoms with Crippen LogP contribution in [0.15, 0.2) is 35.4 Å². The van der Waals surface area contributed by atoms with E-state index in [9.17, 15) is 9.59 Å². The highest BCUT2D eigenvalue weighted by Crippen LogP contribution is 2.31. The Kier molecular flexibility index (Phi) is 4.90. The minimum Gasteiger partial charge on any atom is -0.342 e. The monoisotopic (exact) mass is 324 g/mol. The third-order valence-electron chi connectivity index (χ3n) is 4.67. The number of piperidine rings is 1. The first kappa shape index (κ1) is 16.2. The SMILES string of the molecule is N#CCC(=O)N1CCC(C(=O)N2N=CCC2c2ccccc2)CC1. The van der Waals surface area contributed by atoms with Crippen LogP contribution in [-0.4, -0.2) is 41.0 Å². The minimum absolute atomic E-state index is 0.0306. The Hall–Kier alpha value is -2.68. The summed E-state index contributed by atoms with van der Waals surface area (Å²) in [6.07, 6.45) is 3.69. The summed E-state index contributed by atoms with van der Waals surface area (Å²) in [5, 5.41) is 14.5. The molecule has 2 aliphatic rings. The number of carbonyl (C=O) groups excluding carboxylic acids is 2. The summed E-state index contributed by atoms with van der Waals surface area (Å²) in [6, 6.07) is 11.8. The number of nitriles is 1. The second-order valence-electron chi connectivity index (χ2n) is 6.13. The number of nitrogens with zero attached hydrogens (tertiary/aromatic N) is 4. The summed E-state index contributed by atoms with van der Waals surface area (Å²) in [5.41, 5.74) is 1.09. The Morgan fingerprint density at radius 2 is 1.92 bits per heavy atom. The summed E-state index contributed by atoms with van der Waals surface area (Å²) in [4.78, 5) is 26.3. The van der Waals surface area contributed by atoms with E-state index in [2.05, 4.69) is 5.10 Å². The van der Waals surface area contributed by atoms with Crippen molar-refractivity contribution in [3.05, 3.63) is 35.9 Å². The molecule has 3 rings (SSSR count). The predicted molar refractivity (Wildman–Crippen MR) is 88.7 cm³/mol. The second kappa shape index (κ2) is 7.26. The fourth-order valence-electron chi connectivity index (χ4n) is 3.32. The van der Waals surface area contributed by atoms with Gasteiger partial charge in [0, 0.05) is 31.6 Å². The van der Waals surface area contributed by atoms with Crippen molar-refractivity contribution >= 4 is 18.0 Å². The molecular formula is C18H20N4O2. The standard InChI is InChI=1S/C18H20N4O2/c19-10-6-17(23)21-12-8-15(9-13-21)18(24)22-16(7-11-20-22)14-4-2-1-3-5-14/h1-5,11,15-16H,6-9,12-13H2. The van der Waals surface area contributed by atoms with Crippen LogP contribution in [-0.2, 0) is 9.59 Å². The highest BCUT2D eigenvalue weighted by atomic mass is 16.2. The van der Waals surface area contributed by atoms with Crippen LogP contribution in [0, 0.1) is 17.2 Å². The molecule has 1 aromatic rings. The quantitative estimate of drug-likeness (QED) is 0.854. The Bertz CT molecular complexity index is 672. The molecule has 0 bridgehead atoms. The van der Waals surface area contributed by atoms with Gasteiger partial charge in [0.25, 0.3) is 0 Å². The van der Waals surface area contributed by atoms with E-state index in [0.29, 0.717) is 25.9 Å². The van der Waals surface area contributed by atoms with Gasteiger partial charge >= 0.3 is 0 Å². The van der Waals surface area contributed by atoms with Crippen molar-refractivity contribution < 1.29 is 9.59 Å². The van der Waals surface area contributed by atoms with Crippen molar-refractivity contribution in [3.8, 4) is 6.07 Å². The van der Waals surface area contributed by atoms with Gasteiger partial charge in [0.15, 0.2) is 0 Å². The lowest BCUT2D eigenvalue weighted by Crippen LogP contribution is -2.43. The second-order valence-corrected chi connectivity index (χ2v) is 6.13. The van der Waals surface area contributed by atoms with Gasteiger partial charge < -0.3 is 4.90 Å². The van der Waals surface area contributed by atoms with Crippen molar-refractivity contribution in [2.75, 3.05) is 13.1 Å². The lowest BCUT2D eigenvalue weighted by atomic mass is 9.94. The summed E-state index contributed by atoms with van der Waals surface area (Å²) in [7, 11) is 0. The van der Waals surface area contributed by atoms with Gasteiger partial charge in [-0.1, -0.05) is 30.3 Å². The Labute approximate surface area is 141 Å². The molecule has 1 aromatic carbocycles. The summed E-state index contributed by atoms with van der Waals surface area (Å²) < 4.78 is 0. The van der Waals surface area contributed by atoms with Gasteiger partial charge in [-0.05, 0) is 18.4 Å². The van der Waals surface area contributed by atoms with Crippen LogP contribution in [0.4, 0.5) is 0 Å². The van der Waals surface area contributed by atoms with Gasteiger partial charge in [0.2, 0.25) is 11.8 Å². The highest BCUT2D eigenvalue weighted by molar-refractivity contribution is 5.83. The maximum absolute atomic E-state index is 12.8. The molecule has 24 heavy (non-hydrogen) atoms. The normalized spacial score (nSPS) is 20.9. The lowest BCUT2D eigenvalue weighted by Gasteiger charge is -2.33. The van der Waals surface area contributed by atoms with Crippen molar-refractivity contribution in [1.82, 2.24) is 9.91 Å². The molecule has 0 aromatic heterocycles. The predicted octanol–water partition coefficient (Wildman–Crippen LogP) is 2.10. The fraction of sp³-hybridized carbons (Fsp3) is 0.444. The first-order chi connectivity index (χ1) is 11.7. The molecule has 1 unspecified atom stereocenters. The van der Waals surface area contributed by atoms with Crippen LogP contribution in [0.2, 0.25) is 0 Å². The molecule has 0 spiro atoms. The van der Waals surface area contributed by atoms with Crippen LogP contribution in [0.3, 0.4) is 0 Å². The molecule has 1 atom stereocenters. The zero-order valence-corrected chi connectivity index (χ0v) is 13.5. The van der Waals surface area contributed by atoms with Crippen LogP contribution in [0.25, 0.3) is 0 Å². The molecule has 2 amide bonds. The van der Waals surface area contributed by atoms with Gasteiger partial charge in [-0.25, -0.2) is 5.01 Å².